The van der Waals surface area contributed by atoms with Gasteiger partial charge in [-0.3, -0.25) is 14.5 Å². The van der Waals surface area contributed by atoms with Crippen molar-refractivity contribution in [1.29, 1.82) is 0 Å². The lowest BCUT2D eigenvalue weighted by atomic mass is 10.1. The maximum Gasteiger partial charge on any atom is 0.358 e. The van der Waals surface area contributed by atoms with Crippen LogP contribution in [0.5, 0.6) is 0 Å². The van der Waals surface area contributed by atoms with Crippen molar-refractivity contribution >= 4 is 34.3 Å². The summed E-state index contributed by atoms with van der Waals surface area (Å²) in [6, 6.07) is 13.0. The van der Waals surface area contributed by atoms with Gasteiger partial charge >= 0.3 is 5.97 Å². The second-order valence-electron chi connectivity index (χ2n) is 6.89. The summed E-state index contributed by atoms with van der Waals surface area (Å²) in [6.45, 7) is 4.29. The lowest BCUT2D eigenvalue weighted by Gasteiger charge is -2.20. The van der Waals surface area contributed by atoms with Crippen molar-refractivity contribution < 1.29 is 23.5 Å². The Morgan fingerprint density at radius 2 is 1.94 bits per heavy atom. The minimum absolute atomic E-state index is 0.0780. The molecular formula is C23H25N3O5S. The zero-order chi connectivity index (χ0) is 22.9. The third kappa shape index (κ3) is 6.04. The summed E-state index contributed by atoms with van der Waals surface area (Å²) >= 11 is 1.27. The van der Waals surface area contributed by atoms with E-state index in [1.54, 1.807) is 30.9 Å². The highest BCUT2D eigenvalue weighted by Gasteiger charge is 2.24. The van der Waals surface area contributed by atoms with Crippen LogP contribution < -0.4 is 10.2 Å². The number of carbonyl (C=O) groups excluding carboxylic acids is 3. The molecule has 9 heteroatoms. The van der Waals surface area contributed by atoms with Crippen LogP contribution in [0.1, 0.15) is 44.8 Å². The fourth-order valence-electron chi connectivity index (χ4n) is 3.01. The van der Waals surface area contributed by atoms with E-state index in [1.807, 2.05) is 30.3 Å². The van der Waals surface area contributed by atoms with Crippen molar-refractivity contribution in [1.82, 2.24) is 10.3 Å². The predicted octanol–water partition coefficient (Wildman–Crippen LogP) is 3.62. The van der Waals surface area contributed by atoms with E-state index in [0.717, 1.165) is 5.56 Å². The number of benzene rings is 1. The first kappa shape index (κ1) is 23.2. The van der Waals surface area contributed by atoms with Crippen molar-refractivity contribution in [2.75, 3.05) is 24.6 Å². The molecule has 2 heterocycles. The van der Waals surface area contributed by atoms with E-state index < -0.39 is 5.97 Å². The quantitative estimate of drug-likeness (QED) is 0.469. The van der Waals surface area contributed by atoms with Gasteiger partial charge < -0.3 is 14.5 Å². The van der Waals surface area contributed by atoms with Crippen molar-refractivity contribution in [3.8, 4) is 0 Å². The highest BCUT2D eigenvalue weighted by molar-refractivity contribution is 7.16. The number of nitrogens with one attached hydrogen (secondary N) is 1. The molecule has 0 spiro atoms. The smallest absolute Gasteiger partial charge is 0.358 e. The highest BCUT2D eigenvalue weighted by Crippen LogP contribution is 2.27. The number of nitrogens with zero attached hydrogens (tertiary/aromatic N) is 2. The topological polar surface area (TPSA) is 102 Å². The van der Waals surface area contributed by atoms with Crippen molar-refractivity contribution in [3.63, 3.8) is 0 Å². The molecule has 8 nitrogen and oxygen atoms in total. The summed E-state index contributed by atoms with van der Waals surface area (Å²) < 4.78 is 10.1. The number of thiazole rings is 1. The third-order valence-corrected chi connectivity index (χ3v) is 5.62. The monoisotopic (exact) mass is 455 g/mol. The Morgan fingerprint density at radius 1 is 1.16 bits per heavy atom. The van der Waals surface area contributed by atoms with E-state index in [-0.39, 0.29) is 42.8 Å². The van der Waals surface area contributed by atoms with E-state index in [0.29, 0.717) is 23.0 Å². The van der Waals surface area contributed by atoms with Crippen LogP contribution in [0.4, 0.5) is 5.13 Å². The largest absolute Gasteiger partial charge is 0.461 e. The summed E-state index contributed by atoms with van der Waals surface area (Å²) in [6.07, 6.45) is 2.12. The number of aromatic nitrogens is 1. The Bertz CT molecular complexity index is 1050. The number of furan rings is 1. The Hall–Kier alpha value is -3.46. The van der Waals surface area contributed by atoms with E-state index in [1.165, 1.54) is 17.6 Å². The molecule has 0 saturated carbocycles. The van der Waals surface area contributed by atoms with E-state index in [9.17, 15) is 14.4 Å². The van der Waals surface area contributed by atoms with Crippen LogP contribution in [-0.4, -0.2) is 42.5 Å². The van der Waals surface area contributed by atoms with Gasteiger partial charge in [-0.15, -0.1) is 11.3 Å². The van der Waals surface area contributed by atoms with Gasteiger partial charge in [0.15, 0.2) is 16.6 Å². The molecule has 2 amide bonds. The molecule has 0 radical (unpaired) electrons. The first-order valence-corrected chi connectivity index (χ1v) is 11.1. The Kier molecular flexibility index (Phi) is 8.15. The molecule has 2 aromatic heterocycles. The normalized spacial score (nSPS) is 10.6. The Balaban J connectivity index is 1.71. The van der Waals surface area contributed by atoms with Crippen LogP contribution in [-0.2, 0) is 16.0 Å². The zero-order valence-corrected chi connectivity index (χ0v) is 18.8. The second kappa shape index (κ2) is 11.2. The number of aryl methyl sites for hydroxylation is 1. The van der Waals surface area contributed by atoms with Crippen LogP contribution in [0.25, 0.3) is 0 Å². The van der Waals surface area contributed by atoms with Gasteiger partial charge in [0.1, 0.15) is 0 Å². The first-order chi connectivity index (χ1) is 15.5. The van der Waals surface area contributed by atoms with Gasteiger partial charge in [-0.2, -0.15) is 0 Å². The first-order valence-electron chi connectivity index (χ1n) is 10.3. The van der Waals surface area contributed by atoms with Gasteiger partial charge in [0, 0.05) is 24.4 Å². The molecule has 0 bridgehead atoms. The average Bonchev–Trinajstić information content (AvgIpc) is 3.45. The Morgan fingerprint density at radius 3 is 2.62 bits per heavy atom. The summed E-state index contributed by atoms with van der Waals surface area (Å²) in [7, 11) is 0. The number of anilines is 1. The molecule has 1 N–H and O–H groups in total. The molecule has 1 aromatic carbocycles. The van der Waals surface area contributed by atoms with Crippen LogP contribution in [0, 0.1) is 6.92 Å². The van der Waals surface area contributed by atoms with Gasteiger partial charge in [0.05, 0.1) is 12.9 Å². The number of ether oxygens (including phenoxy) is 1. The summed E-state index contributed by atoms with van der Waals surface area (Å²) in [5, 5.41) is 3.11. The highest BCUT2D eigenvalue weighted by atomic mass is 32.1. The fraction of sp³-hybridized carbons (Fsp3) is 0.304. The minimum Gasteiger partial charge on any atom is -0.461 e. The number of hydrogen-bond acceptors (Lipinski definition) is 7. The number of esters is 1. The molecule has 0 aliphatic heterocycles. The molecule has 0 unspecified atom stereocenters. The average molecular weight is 456 g/mol. The number of carbonyl (C=O) groups is 3. The maximum absolute atomic E-state index is 13.1. The van der Waals surface area contributed by atoms with Crippen LogP contribution in [0.2, 0.25) is 0 Å². The van der Waals surface area contributed by atoms with E-state index >= 15 is 0 Å². The standard InChI is InChI=1S/C23H25N3O5S/c1-3-30-22(29)20-16(2)32-23(25-20)26(14-12-17-8-5-4-6-9-17)19(27)11-13-24-21(28)18-10-7-15-31-18/h4-10,15H,3,11-14H2,1-2H3,(H,24,28). The summed E-state index contributed by atoms with van der Waals surface area (Å²) in [5.41, 5.74) is 1.30. The van der Waals surface area contributed by atoms with Crippen LogP contribution in [0.3, 0.4) is 0 Å². The van der Waals surface area contributed by atoms with E-state index in [2.05, 4.69) is 10.3 Å². The van der Waals surface area contributed by atoms with Crippen LogP contribution in [0.15, 0.2) is 53.1 Å². The summed E-state index contributed by atoms with van der Waals surface area (Å²) in [5.74, 6) is -0.903. The zero-order valence-electron chi connectivity index (χ0n) is 18.0. The van der Waals surface area contributed by atoms with Gasteiger partial charge in [-0.25, -0.2) is 9.78 Å². The molecule has 0 saturated heterocycles. The van der Waals surface area contributed by atoms with Crippen molar-refractivity contribution in [2.45, 2.75) is 26.7 Å². The van der Waals surface area contributed by atoms with Crippen molar-refractivity contribution in [3.05, 3.63) is 70.6 Å². The molecule has 0 aliphatic rings. The SMILES string of the molecule is CCOC(=O)c1nc(N(CCc2ccccc2)C(=O)CCNC(=O)c2ccco2)sc1C. The number of hydrogen-bond donors (Lipinski definition) is 1. The third-order valence-electron chi connectivity index (χ3n) is 4.62. The number of rotatable bonds is 10. The minimum atomic E-state index is -0.506. The number of amides is 2. The van der Waals surface area contributed by atoms with Gasteiger partial charge in [0.2, 0.25) is 5.91 Å². The van der Waals surface area contributed by atoms with Crippen molar-refractivity contribution in [2.24, 2.45) is 0 Å². The summed E-state index contributed by atoms with van der Waals surface area (Å²) in [4.78, 5) is 43.9. The fourth-order valence-corrected chi connectivity index (χ4v) is 3.95. The van der Waals surface area contributed by atoms with Gasteiger partial charge in [0.25, 0.3) is 5.91 Å². The second-order valence-corrected chi connectivity index (χ2v) is 8.07. The van der Waals surface area contributed by atoms with Gasteiger partial charge in [-0.1, -0.05) is 30.3 Å². The molecule has 168 valence electrons. The van der Waals surface area contributed by atoms with E-state index in [4.69, 9.17) is 9.15 Å². The molecule has 3 rings (SSSR count). The molecule has 32 heavy (non-hydrogen) atoms. The molecular weight excluding hydrogens is 430 g/mol. The maximum atomic E-state index is 13.1. The lowest BCUT2D eigenvalue weighted by molar-refractivity contribution is -0.118. The lowest BCUT2D eigenvalue weighted by Crippen LogP contribution is -2.36. The van der Waals surface area contributed by atoms with Crippen LogP contribution >= 0.6 is 11.3 Å². The molecule has 3 aromatic rings. The molecule has 0 aliphatic carbocycles. The molecule has 0 atom stereocenters. The predicted molar refractivity (Wildman–Crippen MR) is 121 cm³/mol. The van der Waals surface area contributed by atoms with Gasteiger partial charge in [-0.05, 0) is 38.0 Å². The molecule has 0 fully saturated rings. The Labute approximate surface area is 190 Å².